The van der Waals surface area contributed by atoms with Crippen LogP contribution in [0.2, 0.25) is 0 Å². The molecule has 2 rings (SSSR count). The third kappa shape index (κ3) is 2.77. The van der Waals surface area contributed by atoms with E-state index in [1.165, 1.54) is 0 Å². The summed E-state index contributed by atoms with van der Waals surface area (Å²) in [5, 5.41) is 3.86. The van der Waals surface area contributed by atoms with E-state index in [2.05, 4.69) is 10.1 Å². The highest BCUT2D eigenvalue weighted by atomic mass is 16.5. The molecule has 6 nitrogen and oxygen atoms in total. The van der Waals surface area contributed by atoms with Crippen LogP contribution in [0, 0.1) is 6.92 Å². The maximum atomic E-state index is 5.91. The molecule has 0 saturated carbocycles. The Hall–Kier alpha value is -1.66. The van der Waals surface area contributed by atoms with Gasteiger partial charge in [0.2, 0.25) is 0 Å². The van der Waals surface area contributed by atoms with Gasteiger partial charge < -0.3 is 19.4 Å². The van der Waals surface area contributed by atoms with Crippen LogP contribution in [0.3, 0.4) is 0 Å². The van der Waals surface area contributed by atoms with Crippen molar-refractivity contribution in [3.05, 3.63) is 23.9 Å². The molecule has 1 unspecified atom stereocenters. The van der Waals surface area contributed by atoms with Gasteiger partial charge in [-0.1, -0.05) is 12.1 Å². The molecule has 0 radical (unpaired) electrons. The lowest BCUT2D eigenvalue weighted by atomic mass is 10.2. The Morgan fingerprint density at radius 3 is 3.00 bits per heavy atom. The lowest BCUT2D eigenvalue weighted by Gasteiger charge is -2.06. The second kappa shape index (κ2) is 5.79. The second-order valence-electron chi connectivity index (χ2n) is 4.03. The lowest BCUT2D eigenvalue weighted by Crippen LogP contribution is -2.18. The largest absolute Gasteiger partial charge is 0.469 e. The molecule has 1 atom stereocenters. The highest BCUT2D eigenvalue weighted by molar-refractivity contribution is 5.54. The van der Waals surface area contributed by atoms with Crippen LogP contribution < -0.4 is 5.73 Å². The number of hydrogen-bond donors (Lipinski definition) is 1. The summed E-state index contributed by atoms with van der Waals surface area (Å²) in [6.07, 6.45) is 2.54. The standard InChI is InChI=1S/C12H17N3O3/c1-3-5-16-7-10(13)11-14-12(18-15-11)9-4-6-17-8(9)2/h4,6,10H,3,5,7,13H2,1-2H3. The van der Waals surface area contributed by atoms with Gasteiger partial charge in [0.1, 0.15) is 5.76 Å². The van der Waals surface area contributed by atoms with Crippen molar-refractivity contribution in [2.24, 2.45) is 5.73 Å². The average molecular weight is 251 g/mol. The van der Waals surface area contributed by atoms with Crippen LogP contribution in [-0.4, -0.2) is 23.4 Å². The molecule has 2 heterocycles. The SMILES string of the molecule is CCCOCC(N)c1noc(-c2ccoc2C)n1. The molecule has 0 bridgehead atoms. The maximum absolute atomic E-state index is 5.91. The third-order valence-electron chi connectivity index (χ3n) is 2.51. The van der Waals surface area contributed by atoms with Gasteiger partial charge in [-0.3, -0.25) is 0 Å². The Labute approximate surface area is 105 Å². The van der Waals surface area contributed by atoms with Crippen molar-refractivity contribution in [3.8, 4) is 11.5 Å². The lowest BCUT2D eigenvalue weighted by molar-refractivity contribution is 0.119. The van der Waals surface area contributed by atoms with Crippen LogP contribution >= 0.6 is 0 Å². The Bertz CT molecular complexity index is 492. The first kappa shape index (κ1) is 12.8. The van der Waals surface area contributed by atoms with Crippen LogP contribution in [0.5, 0.6) is 0 Å². The van der Waals surface area contributed by atoms with Gasteiger partial charge in [-0.15, -0.1) is 0 Å². The van der Waals surface area contributed by atoms with Gasteiger partial charge in [0, 0.05) is 6.61 Å². The molecule has 98 valence electrons. The molecule has 0 saturated heterocycles. The Morgan fingerprint density at radius 1 is 1.50 bits per heavy atom. The average Bonchev–Trinajstić information content (AvgIpc) is 2.97. The smallest absolute Gasteiger partial charge is 0.261 e. The van der Waals surface area contributed by atoms with Crippen molar-refractivity contribution < 1.29 is 13.7 Å². The van der Waals surface area contributed by atoms with E-state index in [1.807, 2.05) is 13.8 Å². The van der Waals surface area contributed by atoms with Crippen LogP contribution in [0.15, 0.2) is 21.3 Å². The summed E-state index contributed by atoms with van der Waals surface area (Å²) in [5.74, 6) is 1.60. The van der Waals surface area contributed by atoms with Gasteiger partial charge in [0.05, 0.1) is 24.5 Å². The topological polar surface area (TPSA) is 87.3 Å². The summed E-state index contributed by atoms with van der Waals surface area (Å²) in [6.45, 7) is 4.94. The van der Waals surface area contributed by atoms with Gasteiger partial charge in [-0.2, -0.15) is 4.98 Å². The van der Waals surface area contributed by atoms with E-state index < -0.39 is 0 Å². The number of ether oxygens (including phenoxy) is 1. The zero-order chi connectivity index (χ0) is 13.0. The minimum atomic E-state index is -0.374. The number of aryl methyl sites for hydroxylation is 1. The molecule has 2 N–H and O–H groups in total. The van der Waals surface area contributed by atoms with Crippen LogP contribution in [0.4, 0.5) is 0 Å². The van der Waals surface area contributed by atoms with E-state index in [0.717, 1.165) is 17.7 Å². The first-order valence-corrected chi connectivity index (χ1v) is 5.93. The van der Waals surface area contributed by atoms with Crippen LogP contribution in [0.25, 0.3) is 11.5 Å². The number of nitrogens with zero attached hydrogens (tertiary/aromatic N) is 2. The molecule has 2 aromatic rings. The van der Waals surface area contributed by atoms with Crippen molar-refractivity contribution in [2.45, 2.75) is 26.3 Å². The van der Waals surface area contributed by atoms with E-state index in [4.69, 9.17) is 19.4 Å². The molecule has 0 aliphatic rings. The fourth-order valence-corrected chi connectivity index (χ4v) is 1.53. The molecule has 0 aliphatic carbocycles. The van der Waals surface area contributed by atoms with Crippen molar-refractivity contribution >= 4 is 0 Å². The minimum absolute atomic E-state index is 0.374. The summed E-state index contributed by atoms with van der Waals surface area (Å²) in [4.78, 5) is 4.25. The van der Waals surface area contributed by atoms with Crippen molar-refractivity contribution in [2.75, 3.05) is 13.2 Å². The Morgan fingerprint density at radius 2 is 2.33 bits per heavy atom. The summed E-state index contributed by atoms with van der Waals surface area (Å²) in [7, 11) is 0. The molecular formula is C12H17N3O3. The maximum Gasteiger partial charge on any atom is 0.261 e. The van der Waals surface area contributed by atoms with Crippen molar-refractivity contribution in [3.63, 3.8) is 0 Å². The van der Waals surface area contributed by atoms with E-state index >= 15 is 0 Å². The monoisotopic (exact) mass is 251 g/mol. The highest BCUT2D eigenvalue weighted by Gasteiger charge is 2.17. The molecule has 0 fully saturated rings. The predicted molar refractivity (Wildman–Crippen MR) is 64.8 cm³/mol. The van der Waals surface area contributed by atoms with Crippen molar-refractivity contribution in [1.29, 1.82) is 0 Å². The molecule has 18 heavy (non-hydrogen) atoms. The summed E-state index contributed by atoms with van der Waals surface area (Å²) in [6, 6.07) is 1.41. The van der Waals surface area contributed by atoms with Gasteiger partial charge in [-0.05, 0) is 19.4 Å². The molecule has 0 aliphatic heterocycles. The zero-order valence-electron chi connectivity index (χ0n) is 10.5. The normalized spacial score (nSPS) is 12.8. The minimum Gasteiger partial charge on any atom is -0.469 e. The van der Waals surface area contributed by atoms with E-state index in [1.54, 1.807) is 12.3 Å². The van der Waals surface area contributed by atoms with E-state index in [0.29, 0.717) is 24.9 Å². The fraction of sp³-hybridized carbons (Fsp3) is 0.500. The summed E-state index contributed by atoms with van der Waals surface area (Å²) >= 11 is 0. The second-order valence-corrected chi connectivity index (χ2v) is 4.03. The molecular weight excluding hydrogens is 234 g/mol. The van der Waals surface area contributed by atoms with Gasteiger partial charge >= 0.3 is 0 Å². The van der Waals surface area contributed by atoms with Crippen LogP contribution in [0.1, 0.15) is 31.0 Å². The number of nitrogens with two attached hydrogens (primary N) is 1. The van der Waals surface area contributed by atoms with Gasteiger partial charge in [-0.25, -0.2) is 0 Å². The molecule has 6 heteroatoms. The van der Waals surface area contributed by atoms with Gasteiger partial charge in [0.15, 0.2) is 5.82 Å². The van der Waals surface area contributed by atoms with E-state index in [9.17, 15) is 0 Å². The molecule has 0 spiro atoms. The predicted octanol–water partition coefficient (Wildman–Crippen LogP) is 2.06. The summed E-state index contributed by atoms with van der Waals surface area (Å²) < 4.78 is 15.7. The first-order valence-electron chi connectivity index (χ1n) is 5.93. The van der Waals surface area contributed by atoms with Crippen LogP contribution in [-0.2, 0) is 4.74 Å². The molecule has 0 aromatic carbocycles. The number of aromatic nitrogens is 2. The first-order chi connectivity index (χ1) is 8.72. The quantitative estimate of drug-likeness (QED) is 0.791. The highest BCUT2D eigenvalue weighted by Crippen LogP contribution is 2.23. The van der Waals surface area contributed by atoms with Gasteiger partial charge in [0.25, 0.3) is 5.89 Å². The Balaban J connectivity index is 2.04. The Kier molecular flexibility index (Phi) is 4.11. The number of furan rings is 1. The molecule has 2 aromatic heterocycles. The summed E-state index contributed by atoms with van der Waals surface area (Å²) in [5.41, 5.74) is 6.69. The third-order valence-corrected chi connectivity index (χ3v) is 2.51. The zero-order valence-corrected chi connectivity index (χ0v) is 10.5. The molecule has 0 amide bonds. The fourth-order valence-electron chi connectivity index (χ4n) is 1.53. The number of rotatable bonds is 6. The van der Waals surface area contributed by atoms with Crippen molar-refractivity contribution in [1.82, 2.24) is 10.1 Å². The van der Waals surface area contributed by atoms with E-state index in [-0.39, 0.29) is 6.04 Å². The number of hydrogen-bond acceptors (Lipinski definition) is 6.